The first-order valence-electron chi connectivity index (χ1n) is 6.79. The number of aliphatic carboxylic acids is 1. The van der Waals surface area contributed by atoms with Crippen molar-refractivity contribution in [2.75, 3.05) is 13.7 Å². The van der Waals surface area contributed by atoms with Gasteiger partial charge < -0.3 is 10.4 Å². The average molecular weight is 346 g/mol. The normalized spacial score (nSPS) is 13.1. The van der Waals surface area contributed by atoms with Gasteiger partial charge in [0.05, 0.1) is 4.90 Å². The van der Waals surface area contributed by atoms with Crippen LogP contribution >= 0.6 is 0 Å². The largest absolute Gasteiger partial charge is 0.480 e. The second-order valence-electron chi connectivity index (χ2n) is 5.16. The van der Waals surface area contributed by atoms with Crippen LogP contribution < -0.4 is 5.32 Å². The van der Waals surface area contributed by atoms with Crippen LogP contribution in [0.1, 0.15) is 24.2 Å². The number of alkyl halides is 1. The third-order valence-electron chi connectivity index (χ3n) is 3.28. The van der Waals surface area contributed by atoms with Gasteiger partial charge in [-0.25, -0.2) is 17.6 Å². The summed E-state index contributed by atoms with van der Waals surface area (Å²) in [5, 5.41) is 10.7. The number of amides is 1. The lowest BCUT2D eigenvalue weighted by Crippen LogP contribution is -2.42. The molecule has 0 bridgehead atoms. The summed E-state index contributed by atoms with van der Waals surface area (Å²) >= 11 is 0. The molecule has 1 atom stereocenters. The lowest BCUT2D eigenvalue weighted by Gasteiger charge is -2.21. The van der Waals surface area contributed by atoms with Gasteiger partial charge in [0.25, 0.3) is 5.91 Å². The average Bonchev–Trinajstić information content (AvgIpc) is 2.51. The maximum Gasteiger partial charge on any atom is 0.328 e. The highest BCUT2D eigenvalue weighted by Gasteiger charge is 2.24. The van der Waals surface area contributed by atoms with Crippen molar-refractivity contribution in [3.8, 4) is 0 Å². The maximum atomic E-state index is 12.5. The third-order valence-corrected chi connectivity index (χ3v) is 5.33. The summed E-state index contributed by atoms with van der Waals surface area (Å²) in [6, 6.07) is 3.10. The highest BCUT2D eigenvalue weighted by Crippen LogP contribution is 2.17. The molecule has 1 rings (SSSR count). The number of nitrogens with one attached hydrogen (secondary N) is 1. The van der Waals surface area contributed by atoms with Crippen LogP contribution in [0.3, 0.4) is 0 Å². The Morgan fingerprint density at radius 2 is 1.78 bits per heavy atom. The molecule has 0 saturated heterocycles. The molecule has 0 fully saturated rings. The number of hydrogen-bond acceptors (Lipinski definition) is 4. The summed E-state index contributed by atoms with van der Waals surface area (Å²) in [6.07, 6.45) is 0. The number of hydrogen-bond donors (Lipinski definition) is 2. The van der Waals surface area contributed by atoms with Gasteiger partial charge in [0, 0.05) is 18.7 Å². The van der Waals surface area contributed by atoms with E-state index in [1.54, 1.807) is 13.8 Å². The number of nitrogens with zero attached hydrogens (tertiary/aromatic N) is 1. The van der Waals surface area contributed by atoms with Crippen molar-refractivity contribution in [3.05, 3.63) is 29.8 Å². The minimum Gasteiger partial charge on any atom is -0.480 e. The molecule has 1 amide bonds. The standard InChI is InChI=1S/C14H19FN2O5S/c1-9(2)17(3)23(21,22)11-6-4-10(5-7-11)13(18)16-12(8-15)14(19)20/h4-7,9,12H,8H2,1-3H3,(H,16,18)(H,19,20). The van der Waals surface area contributed by atoms with Crippen LogP contribution in [0.15, 0.2) is 29.2 Å². The number of benzene rings is 1. The Kier molecular flexibility index (Phi) is 6.22. The predicted molar refractivity (Wildman–Crippen MR) is 81.4 cm³/mol. The Morgan fingerprint density at radius 1 is 1.26 bits per heavy atom. The van der Waals surface area contributed by atoms with E-state index in [1.165, 1.54) is 35.6 Å². The second-order valence-corrected chi connectivity index (χ2v) is 7.16. The molecule has 0 aliphatic heterocycles. The first-order chi connectivity index (χ1) is 10.6. The first kappa shape index (κ1) is 19.0. The van der Waals surface area contributed by atoms with Gasteiger partial charge in [-0.3, -0.25) is 4.79 Å². The molecule has 7 nitrogen and oxygen atoms in total. The fourth-order valence-corrected chi connectivity index (χ4v) is 3.00. The summed E-state index contributed by atoms with van der Waals surface area (Å²) in [4.78, 5) is 22.5. The van der Waals surface area contributed by atoms with Gasteiger partial charge in [-0.1, -0.05) is 0 Å². The van der Waals surface area contributed by atoms with E-state index in [-0.39, 0.29) is 16.5 Å². The number of halogens is 1. The molecule has 1 unspecified atom stereocenters. The fraction of sp³-hybridized carbons (Fsp3) is 0.429. The van der Waals surface area contributed by atoms with Crippen molar-refractivity contribution in [1.82, 2.24) is 9.62 Å². The summed E-state index contributed by atoms with van der Waals surface area (Å²) < 4.78 is 38.2. The summed E-state index contributed by atoms with van der Waals surface area (Å²) in [6.45, 7) is 2.21. The van der Waals surface area contributed by atoms with Crippen LogP contribution in [-0.4, -0.2) is 55.5 Å². The number of carboxylic acid groups (broad SMARTS) is 1. The summed E-state index contributed by atoms with van der Waals surface area (Å²) in [5.74, 6) is -2.28. The molecule has 0 aliphatic rings. The molecule has 0 spiro atoms. The maximum absolute atomic E-state index is 12.5. The monoisotopic (exact) mass is 346 g/mol. The van der Waals surface area contributed by atoms with E-state index in [4.69, 9.17) is 5.11 Å². The van der Waals surface area contributed by atoms with Gasteiger partial charge in [0.1, 0.15) is 6.67 Å². The minimum atomic E-state index is -3.67. The van der Waals surface area contributed by atoms with Crippen molar-refractivity contribution in [2.24, 2.45) is 0 Å². The van der Waals surface area contributed by atoms with E-state index in [2.05, 4.69) is 0 Å². The van der Waals surface area contributed by atoms with Crippen molar-refractivity contribution < 1.29 is 27.5 Å². The molecule has 1 aromatic rings. The molecule has 1 aromatic carbocycles. The third kappa shape index (κ3) is 4.49. The molecule has 0 heterocycles. The number of carbonyl (C=O) groups excluding carboxylic acids is 1. The SMILES string of the molecule is CC(C)N(C)S(=O)(=O)c1ccc(C(=O)NC(CF)C(=O)O)cc1. The van der Waals surface area contributed by atoms with Gasteiger partial charge >= 0.3 is 5.97 Å². The van der Waals surface area contributed by atoms with Crippen LogP contribution in [-0.2, 0) is 14.8 Å². The van der Waals surface area contributed by atoms with E-state index in [1.807, 2.05) is 5.32 Å². The predicted octanol–water partition coefficient (Wildman–Crippen LogP) is 0.868. The number of carboxylic acids is 1. The topological polar surface area (TPSA) is 104 Å². The molecule has 128 valence electrons. The number of sulfonamides is 1. The lowest BCUT2D eigenvalue weighted by atomic mass is 10.2. The summed E-state index contributed by atoms with van der Waals surface area (Å²) in [5.41, 5.74) is 0.0378. The fourth-order valence-electron chi connectivity index (χ4n) is 1.63. The smallest absolute Gasteiger partial charge is 0.328 e. The van der Waals surface area contributed by atoms with Crippen LogP contribution in [0.25, 0.3) is 0 Å². The number of rotatable bonds is 7. The summed E-state index contributed by atoms with van der Waals surface area (Å²) in [7, 11) is -2.23. The Bertz CT molecular complexity index is 673. The van der Waals surface area contributed by atoms with Gasteiger partial charge in [-0.2, -0.15) is 4.31 Å². The first-order valence-corrected chi connectivity index (χ1v) is 8.23. The zero-order chi connectivity index (χ0) is 17.8. The van der Waals surface area contributed by atoms with E-state index in [0.717, 1.165) is 0 Å². The van der Waals surface area contributed by atoms with Crippen molar-refractivity contribution >= 4 is 21.9 Å². The Balaban J connectivity index is 2.97. The molecule has 23 heavy (non-hydrogen) atoms. The molecular formula is C14H19FN2O5S. The second kappa shape index (κ2) is 7.51. The minimum absolute atomic E-state index is 0.00512. The molecular weight excluding hydrogens is 327 g/mol. The Labute approximate surface area is 134 Å². The van der Waals surface area contributed by atoms with Crippen molar-refractivity contribution in [3.63, 3.8) is 0 Å². The molecule has 0 saturated carbocycles. The zero-order valence-electron chi connectivity index (χ0n) is 13.0. The quantitative estimate of drug-likeness (QED) is 0.762. The molecule has 0 aliphatic carbocycles. The van der Waals surface area contributed by atoms with Gasteiger partial charge in [0.15, 0.2) is 6.04 Å². The Morgan fingerprint density at radius 3 is 2.17 bits per heavy atom. The van der Waals surface area contributed by atoms with Gasteiger partial charge in [0.2, 0.25) is 10.0 Å². The molecule has 9 heteroatoms. The van der Waals surface area contributed by atoms with Crippen LogP contribution in [0, 0.1) is 0 Å². The molecule has 0 aromatic heterocycles. The molecule has 2 N–H and O–H groups in total. The zero-order valence-corrected chi connectivity index (χ0v) is 13.8. The van der Waals surface area contributed by atoms with Crippen LogP contribution in [0.2, 0.25) is 0 Å². The van der Waals surface area contributed by atoms with E-state index < -0.39 is 34.6 Å². The Hall–Kier alpha value is -2.00. The van der Waals surface area contributed by atoms with E-state index in [9.17, 15) is 22.4 Å². The van der Waals surface area contributed by atoms with Gasteiger partial charge in [-0.05, 0) is 38.1 Å². The van der Waals surface area contributed by atoms with Gasteiger partial charge in [-0.15, -0.1) is 0 Å². The molecule has 0 radical (unpaired) electrons. The van der Waals surface area contributed by atoms with Crippen molar-refractivity contribution in [2.45, 2.75) is 30.8 Å². The highest BCUT2D eigenvalue weighted by molar-refractivity contribution is 7.89. The van der Waals surface area contributed by atoms with Crippen LogP contribution in [0.4, 0.5) is 4.39 Å². The van der Waals surface area contributed by atoms with E-state index >= 15 is 0 Å². The van der Waals surface area contributed by atoms with E-state index in [0.29, 0.717) is 0 Å². The number of carbonyl (C=O) groups is 2. The highest BCUT2D eigenvalue weighted by atomic mass is 32.2. The van der Waals surface area contributed by atoms with Crippen molar-refractivity contribution in [1.29, 1.82) is 0 Å². The van der Waals surface area contributed by atoms with Crippen LogP contribution in [0.5, 0.6) is 0 Å². The lowest BCUT2D eigenvalue weighted by molar-refractivity contribution is -0.139.